The molecule has 1 atom stereocenters. The Kier molecular flexibility index (Phi) is 7.20. The first kappa shape index (κ1) is 28.0. The molecule has 46 heavy (non-hydrogen) atoms. The first-order valence-corrected chi connectivity index (χ1v) is 16.3. The van der Waals surface area contributed by atoms with E-state index in [0.717, 1.165) is 6.42 Å². The Labute approximate surface area is 271 Å². The molecule has 7 aromatic carbocycles. The van der Waals surface area contributed by atoms with Gasteiger partial charge in [0.2, 0.25) is 0 Å². The van der Waals surface area contributed by atoms with Crippen molar-refractivity contribution in [2.75, 3.05) is 0 Å². The fourth-order valence-corrected chi connectivity index (χ4v) is 7.35. The van der Waals surface area contributed by atoms with Crippen LogP contribution < -0.4 is 0 Å². The highest BCUT2D eigenvalue weighted by atomic mass is 14.2. The molecule has 1 unspecified atom stereocenters. The summed E-state index contributed by atoms with van der Waals surface area (Å²) >= 11 is 0. The molecule has 0 saturated heterocycles. The van der Waals surface area contributed by atoms with Crippen LogP contribution >= 0.6 is 0 Å². The van der Waals surface area contributed by atoms with E-state index in [4.69, 9.17) is 0 Å². The molecule has 1 aliphatic rings. The minimum Gasteiger partial charge on any atom is -0.0837 e. The summed E-state index contributed by atoms with van der Waals surface area (Å²) in [6.07, 6.45) is 10.1. The van der Waals surface area contributed by atoms with Gasteiger partial charge in [0.1, 0.15) is 0 Å². The van der Waals surface area contributed by atoms with Gasteiger partial charge in [0, 0.05) is 0 Å². The molecule has 0 nitrogen and oxygen atoms in total. The van der Waals surface area contributed by atoms with Gasteiger partial charge in [-0.2, -0.15) is 0 Å². The molecular formula is C46H36. The number of rotatable bonds is 4. The molecule has 0 saturated carbocycles. The molecule has 220 valence electrons. The van der Waals surface area contributed by atoms with Crippen molar-refractivity contribution in [2.24, 2.45) is 5.92 Å². The Bertz CT molecular complexity index is 2270. The Balaban J connectivity index is 1.34. The molecule has 0 heteroatoms. The SMILES string of the molecule is CC1=C/C=C(/c2ccc(-c3c4ccccc4c(-c4ccc(-c5ccccc5)c5ccccc45)c4ccccc34)cc2)C(C)C\C=C\1. The van der Waals surface area contributed by atoms with E-state index in [1.807, 2.05) is 0 Å². The van der Waals surface area contributed by atoms with E-state index < -0.39 is 0 Å². The van der Waals surface area contributed by atoms with Gasteiger partial charge in [-0.05, 0) is 96.1 Å². The second-order valence-corrected chi connectivity index (χ2v) is 12.6. The summed E-state index contributed by atoms with van der Waals surface area (Å²) < 4.78 is 0. The Morgan fingerprint density at radius 3 is 1.57 bits per heavy atom. The van der Waals surface area contributed by atoms with Gasteiger partial charge in [0.25, 0.3) is 0 Å². The van der Waals surface area contributed by atoms with Crippen molar-refractivity contribution in [3.63, 3.8) is 0 Å². The van der Waals surface area contributed by atoms with Crippen molar-refractivity contribution in [3.05, 3.63) is 175 Å². The summed E-state index contributed by atoms with van der Waals surface area (Å²) in [7, 11) is 0. The standard InChI is InChI=1S/C46H36/c1-31-13-12-14-32(2)36(28-23-31)34-24-26-35(27-25-34)45-40-19-8-10-21-42(40)46(43-22-11-9-20-41(43)45)44-30-29-37(33-15-4-3-5-16-33)38-17-6-7-18-39(38)44/h3-13,15-30,32H,14H2,1-2H3/b13-12+,31-23-,36-28+. The van der Waals surface area contributed by atoms with Gasteiger partial charge in [0.15, 0.2) is 0 Å². The van der Waals surface area contributed by atoms with E-state index in [1.54, 1.807) is 0 Å². The van der Waals surface area contributed by atoms with Crippen LogP contribution in [0.4, 0.5) is 0 Å². The van der Waals surface area contributed by atoms with Crippen LogP contribution in [0.2, 0.25) is 0 Å². The number of hydrogen-bond acceptors (Lipinski definition) is 0. The highest BCUT2D eigenvalue weighted by Crippen LogP contribution is 2.46. The number of fused-ring (bicyclic) bond motifs is 3. The molecule has 0 aromatic heterocycles. The molecule has 8 rings (SSSR count). The summed E-state index contributed by atoms with van der Waals surface area (Å²) in [5.41, 5.74) is 11.6. The van der Waals surface area contributed by atoms with Crippen molar-refractivity contribution in [1.29, 1.82) is 0 Å². The van der Waals surface area contributed by atoms with Crippen LogP contribution in [-0.2, 0) is 0 Å². The minimum atomic E-state index is 0.468. The van der Waals surface area contributed by atoms with Gasteiger partial charge >= 0.3 is 0 Å². The Hall–Kier alpha value is -5.46. The smallest absolute Gasteiger partial charge is 0.00201 e. The Morgan fingerprint density at radius 2 is 0.935 bits per heavy atom. The largest absolute Gasteiger partial charge is 0.0837 e. The van der Waals surface area contributed by atoms with Gasteiger partial charge in [-0.25, -0.2) is 0 Å². The van der Waals surface area contributed by atoms with Crippen LogP contribution in [0.3, 0.4) is 0 Å². The van der Waals surface area contributed by atoms with Crippen molar-refractivity contribution < 1.29 is 0 Å². The number of hydrogen-bond donors (Lipinski definition) is 0. The zero-order chi connectivity index (χ0) is 31.0. The molecule has 0 N–H and O–H groups in total. The first-order chi connectivity index (χ1) is 22.7. The molecule has 0 heterocycles. The molecule has 0 amide bonds. The summed E-state index contributed by atoms with van der Waals surface area (Å²) in [5.74, 6) is 0.468. The molecule has 0 bridgehead atoms. The maximum absolute atomic E-state index is 2.34. The van der Waals surface area contributed by atoms with E-state index in [-0.39, 0.29) is 0 Å². The molecule has 0 fully saturated rings. The molecule has 0 radical (unpaired) electrons. The van der Waals surface area contributed by atoms with Crippen LogP contribution in [0, 0.1) is 5.92 Å². The van der Waals surface area contributed by atoms with E-state index in [0.29, 0.717) is 5.92 Å². The maximum Gasteiger partial charge on any atom is -0.00201 e. The molecule has 7 aromatic rings. The normalized spacial score (nSPS) is 18.0. The third kappa shape index (κ3) is 4.88. The molecule has 1 aliphatic carbocycles. The second-order valence-electron chi connectivity index (χ2n) is 12.6. The second kappa shape index (κ2) is 11.8. The fourth-order valence-electron chi connectivity index (χ4n) is 7.35. The third-order valence-corrected chi connectivity index (χ3v) is 9.64. The maximum atomic E-state index is 2.34. The van der Waals surface area contributed by atoms with Crippen molar-refractivity contribution >= 4 is 37.9 Å². The predicted octanol–water partition coefficient (Wildman–Crippen LogP) is 13.1. The summed E-state index contributed by atoms with van der Waals surface area (Å²) in [6.45, 7) is 4.50. The van der Waals surface area contributed by atoms with Crippen LogP contribution in [0.15, 0.2) is 169 Å². The topological polar surface area (TPSA) is 0 Å². The summed E-state index contributed by atoms with van der Waals surface area (Å²) in [4.78, 5) is 0. The van der Waals surface area contributed by atoms with Gasteiger partial charge in [-0.15, -0.1) is 0 Å². The van der Waals surface area contributed by atoms with Crippen molar-refractivity contribution in [1.82, 2.24) is 0 Å². The number of benzene rings is 7. The van der Waals surface area contributed by atoms with Crippen LogP contribution in [0.5, 0.6) is 0 Å². The van der Waals surface area contributed by atoms with Crippen LogP contribution in [0.25, 0.3) is 71.3 Å². The van der Waals surface area contributed by atoms with Crippen molar-refractivity contribution in [2.45, 2.75) is 20.3 Å². The zero-order valence-electron chi connectivity index (χ0n) is 26.4. The van der Waals surface area contributed by atoms with E-state index in [9.17, 15) is 0 Å². The van der Waals surface area contributed by atoms with E-state index in [2.05, 4.69) is 178 Å². The average molecular weight is 589 g/mol. The minimum absolute atomic E-state index is 0.468. The monoisotopic (exact) mass is 588 g/mol. The van der Waals surface area contributed by atoms with E-state index >= 15 is 0 Å². The molecule has 0 spiro atoms. The highest BCUT2D eigenvalue weighted by molar-refractivity contribution is 6.24. The average Bonchev–Trinajstić information content (AvgIpc) is 3.10. The van der Waals surface area contributed by atoms with E-state index in [1.165, 1.54) is 82.4 Å². The lowest BCUT2D eigenvalue weighted by atomic mass is 9.83. The molecule has 0 aliphatic heterocycles. The predicted molar refractivity (Wildman–Crippen MR) is 200 cm³/mol. The van der Waals surface area contributed by atoms with Gasteiger partial charge in [-0.3, -0.25) is 0 Å². The van der Waals surface area contributed by atoms with Crippen molar-refractivity contribution in [3.8, 4) is 33.4 Å². The quantitative estimate of drug-likeness (QED) is 0.179. The lowest BCUT2D eigenvalue weighted by Gasteiger charge is -2.20. The van der Waals surface area contributed by atoms with Gasteiger partial charge in [-0.1, -0.05) is 176 Å². The first-order valence-electron chi connectivity index (χ1n) is 16.3. The molecular weight excluding hydrogens is 553 g/mol. The van der Waals surface area contributed by atoms with Gasteiger partial charge in [0.05, 0.1) is 0 Å². The summed E-state index contributed by atoms with van der Waals surface area (Å²) in [6, 6.07) is 51.5. The van der Waals surface area contributed by atoms with Crippen LogP contribution in [0.1, 0.15) is 25.8 Å². The highest BCUT2D eigenvalue weighted by Gasteiger charge is 2.19. The van der Waals surface area contributed by atoms with Crippen LogP contribution in [-0.4, -0.2) is 0 Å². The fraction of sp³-hybridized carbons (Fsp3) is 0.0870. The Morgan fingerprint density at radius 1 is 0.435 bits per heavy atom. The lowest BCUT2D eigenvalue weighted by molar-refractivity contribution is 0.764. The number of allylic oxidation sites excluding steroid dienone is 6. The zero-order valence-corrected chi connectivity index (χ0v) is 26.4. The van der Waals surface area contributed by atoms with Gasteiger partial charge < -0.3 is 0 Å². The lowest BCUT2D eigenvalue weighted by Crippen LogP contribution is -1.99. The third-order valence-electron chi connectivity index (χ3n) is 9.64. The summed E-state index contributed by atoms with van der Waals surface area (Å²) in [5, 5.41) is 7.67.